The lowest BCUT2D eigenvalue weighted by molar-refractivity contribution is -0.121. The number of carbonyl (C=O) groups excluding carboxylic acids is 1. The largest absolute Gasteiger partial charge is 0.324 e. The van der Waals surface area contributed by atoms with Crippen LogP contribution in [0.25, 0.3) is 0 Å². The molecule has 3 nitrogen and oxygen atoms in total. The Balaban J connectivity index is 1.97. The number of hydrogen-bond acceptors (Lipinski definition) is 2. The van der Waals surface area contributed by atoms with E-state index in [4.69, 9.17) is 0 Å². The molecule has 1 aliphatic heterocycles. The molecule has 0 spiro atoms. The number of piperidine rings is 1. The molecular formula is C16H23BrN2O. The zero-order valence-corrected chi connectivity index (χ0v) is 14.0. The molecule has 1 aromatic rings. The smallest absolute Gasteiger partial charge is 0.241 e. The number of benzene rings is 1. The predicted octanol–water partition coefficient (Wildman–Crippen LogP) is 3.82. The highest BCUT2D eigenvalue weighted by Crippen LogP contribution is 2.24. The van der Waals surface area contributed by atoms with Crippen LogP contribution in [0.15, 0.2) is 22.7 Å². The maximum atomic E-state index is 12.4. The van der Waals surface area contributed by atoms with Crippen molar-refractivity contribution < 1.29 is 4.79 Å². The second-order valence-electron chi connectivity index (χ2n) is 5.87. The van der Waals surface area contributed by atoms with Crippen LogP contribution in [-0.4, -0.2) is 29.9 Å². The second kappa shape index (κ2) is 6.72. The van der Waals surface area contributed by atoms with Gasteiger partial charge in [-0.3, -0.25) is 9.69 Å². The molecule has 2 rings (SSSR count). The van der Waals surface area contributed by atoms with Crippen LogP contribution in [-0.2, 0) is 4.79 Å². The molecular weight excluding hydrogens is 316 g/mol. The maximum absolute atomic E-state index is 12.4. The Morgan fingerprint density at radius 3 is 2.65 bits per heavy atom. The third-order valence-electron chi connectivity index (χ3n) is 4.13. The van der Waals surface area contributed by atoms with Crippen LogP contribution in [0, 0.1) is 12.8 Å². The molecule has 0 bridgehead atoms. The molecule has 0 aliphatic carbocycles. The van der Waals surface area contributed by atoms with Crippen molar-refractivity contribution in [2.75, 3.05) is 18.4 Å². The van der Waals surface area contributed by atoms with Crippen LogP contribution >= 0.6 is 15.9 Å². The van der Waals surface area contributed by atoms with Gasteiger partial charge >= 0.3 is 0 Å². The quantitative estimate of drug-likeness (QED) is 0.908. The zero-order chi connectivity index (χ0) is 14.7. The van der Waals surface area contributed by atoms with Gasteiger partial charge in [-0.15, -0.1) is 0 Å². The van der Waals surface area contributed by atoms with Gasteiger partial charge in [0.15, 0.2) is 0 Å². The van der Waals surface area contributed by atoms with E-state index in [1.165, 1.54) is 18.4 Å². The first kappa shape index (κ1) is 15.5. The minimum atomic E-state index is -0.0734. The molecule has 1 aliphatic rings. The number of anilines is 1. The molecule has 1 atom stereocenters. The van der Waals surface area contributed by atoms with Crippen molar-refractivity contribution >= 4 is 27.5 Å². The minimum absolute atomic E-state index is 0.0732. The molecule has 0 saturated carbocycles. The number of rotatable bonds is 3. The third-order valence-corrected chi connectivity index (χ3v) is 4.78. The lowest BCUT2D eigenvalue weighted by atomic mass is 9.98. The summed E-state index contributed by atoms with van der Waals surface area (Å²) in [7, 11) is 0. The van der Waals surface area contributed by atoms with Crippen molar-refractivity contribution in [3.05, 3.63) is 28.2 Å². The molecule has 110 valence electrons. The van der Waals surface area contributed by atoms with Gasteiger partial charge in [0.05, 0.1) is 11.7 Å². The number of likely N-dealkylation sites (tertiary alicyclic amines) is 1. The summed E-state index contributed by atoms with van der Waals surface area (Å²) in [6.45, 7) is 8.35. The van der Waals surface area contributed by atoms with E-state index in [2.05, 4.69) is 33.1 Å². The van der Waals surface area contributed by atoms with Crippen LogP contribution < -0.4 is 5.32 Å². The van der Waals surface area contributed by atoms with Gasteiger partial charge < -0.3 is 5.32 Å². The first-order chi connectivity index (χ1) is 9.47. The monoisotopic (exact) mass is 338 g/mol. The normalized spacial score (nSPS) is 18.8. The van der Waals surface area contributed by atoms with E-state index < -0.39 is 0 Å². The molecule has 1 N–H and O–H groups in total. The van der Waals surface area contributed by atoms with E-state index in [1.54, 1.807) is 0 Å². The van der Waals surface area contributed by atoms with E-state index in [9.17, 15) is 4.79 Å². The summed E-state index contributed by atoms with van der Waals surface area (Å²) >= 11 is 3.50. The highest BCUT2D eigenvalue weighted by atomic mass is 79.9. The Morgan fingerprint density at radius 2 is 2.05 bits per heavy atom. The van der Waals surface area contributed by atoms with Gasteiger partial charge in [0.2, 0.25) is 5.91 Å². The number of hydrogen-bond donors (Lipinski definition) is 1. The Labute approximate surface area is 129 Å². The van der Waals surface area contributed by atoms with Crippen LogP contribution in [0.2, 0.25) is 0 Å². The van der Waals surface area contributed by atoms with Crippen molar-refractivity contribution in [3.8, 4) is 0 Å². The number of nitrogens with one attached hydrogen (secondary N) is 1. The number of carbonyl (C=O) groups is 1. The van der Waals surface area contributed by atoms with Crippen LogP contribution in [0.4, 0.5) is 5.69 Å². The highest BCUT2D eigenvalue weighted by molar-refractivity contribution is 9.10. The van der Waals surface area contributed by atoms with Crippen LogP contribution in [0.5, 0.6) is 0 Å². The van der Waals surface area contributed by atoms with Crippen molar-refractivity contribution in [2.24, 2.45) is 5.92 Å². The van der Waals surface area contributed by atoms with Gasteiger partial charge in [-0.05, 0) is 79.3 Å². The van der Waals surface area contributed by atoms with Gasteiger partial charge in [0, 0.05) is 4.47 Å². The summed E-state index contributed by atoms with van der Waals surface area (Å²) in [5, 5.41) is 3.02. The summed E-state index contributed by atoms with van der Waals surface area (Å²) in [6, 6.07) is 5.90. The summed E-state index contributed by atoms with van der Waals surface area (Å²) in [5.41, 5.74) is 2.02. The van der Waals surface area contributed by atoms with Gasteiger partial charge in [0.25, 0.3) is 0 Å². The lowest BCUT2D eigenvalue weighted by Gasteiger charge is -2.34. The number of amides is 1. The average molecular weight is 339 g/mol. The fourth-order valence-electron chi connectivity index (χ4n) is 2.54. The zero-order valence-electron chi connectivity index (χ0n) is 12.4. The molecule has 1 saturated heterocycles. The first-order valence-electron chi connectivity index (χ1n) is 7.28. The SMILES string of the molecule is Cc1ccc(NC(=O)[C@H](C)N2CCC(C)CC2)c(Br)c1. The Morgan fingerprint density at radius 1 is 1.40 bits per heavy atom. The molecule has 20 heavy (non-hydrogen) atoms. The molecule has 1 aromatic carbocycles. The molecule has 1 fully saturated rings. The maximum Gasteiger partial charge on any atom is 0.241 e. The first-order valence-corrected chi connectivity index (χ1v) is 8.07. The minimum Gasteiger partial charge on any atom is -0.324 e. The fraction of sp³-hybridized carbons (Fsp3) is 0.562. The predicted molar refractivity (Wildman–Crippen MR) is 86.9 cm³/mol. The second-order valence-corrected chi connectivity index (χ2v) is 6.72. The summed E-state index contributed by atoms with van der Waals surface area (Å²) in [5.74, 6) is 0.858. The number of halogens is 1. The summed E-state index contributed by atoms with van der Waals surface area (Å²) in [6.07, 6.45) is 2.37. The Kier molecular flexibility index (Phi) is 5.22. The van der Waals surface area contributed by atoms with E-state index in [-0.39, 0.29) is 11.9 Å². The van der Waals surface area contributed by atoms with Crippen molar-refractivity contribution in [1.82, 2.24) is 4.90 Å². The van der Waals surface area contributed by atoms with Crippen LogP contribution in [0.3, 0.4) is 0 Å². The topological polar surface area (TPSA) is 32.3 Å². The number of nitrogens with zero attached hydrogens (tertiary/aromatic N) is 1. The van der Waals surface area contributed by atoms with Gasteiger partial charge in [-0.2, -0.15) is 0 Å². The van der Waals surface area contributed by atoms with Gasteiger partial charge in [-0.25, -0.2) is 0 Å². The summed E-state index contributed by atoms with van der Waals surface area (Å²) in [4.78, 5) is 14.6. The lowest BCUT2D eigenvalue weighted by Crippen LogP contribution is -2.45. The van der Waals surface area contributed by atoms with Gasteiger partial charge in [-0.1, -0.05) is 13.0 Å². The number of aryl methyl sites for hydroxylation is 1. The van der Waals surface area contributed by atoms with E-state index in [0.717, 1.165) is 29.2 Å². The molecule has 0 radical (unpaired) electrons. The summed E-state index contributed by atoms with van der Waals surface area (Å²) < 4.78 is 0.935. The average Bonchev–Trinajstić information content (AvgIpc) is 2.42. The molecule has 4 heteroatoms. The molecule has 0 unspecified atom stereocenters. The Bertz CT molecular complexity index is 481. The van der Waals surface area contributed by atoms with Gasteiger partial charge in [0.1, 0.15) is 0 Å². The molecule has 1 amide bonds. The third kappa shape index (κ3) is 3.83. The van der Waals surface area contributed by atoms with E-state index >= 15 is 0 Å². The van der Waals surface area contributed by atoms with Crippen molar-refractivity contribution in [2.45, 2.75) is 39.7 Å². The molecule has 0 aromatic heterocycles. The standard InChI is InChI=1S/C16H23BrN2O/c1-11-6-8-19(9-7-11)13(3)16(20)18-15-5-4-12(2)10-14(15)17/h4-5,10-11,13H,6-9H2,1-3H3,(H,18,20)/t13-/m0/s1. The Hall–Kier alpha value is -0.870. The van der Waals surface area contributed by atoms with Crippen molar-refractivity contribution in [1.29, 1.82) is 0 Å². The molecule has 1 heterocycles. The van der Waals surface area contributed by atoms with Crippen LogP contribution in [0.1, 0.15) is 32.3 Å². The fourth-order valence-corrected chi connectivity index (χ4v) is 3.13. The van der Waals surface area contributed by atoms with Crippen molar-refractivity contribution in [3.63, 3.8) is 0 Å². The highest BCUT2D eigenvalue weighted by Gasteiger charge is 2.25. The van der Waals surface area contributed by atoms with E-state index in [1.807, 2.05) is 32.0 Å². The van der Waals surface area contributed by atoms with E-state index in [0.29, 0.717) is 0 Å².